The van der Waals surface area contributed by atoms with Crippen molar-refractivity contribution in [1.82, 2.24) is 9.97 Å². The topological polar surface area (TPSA) is 61.0 Å². The molecule has 0 aliphatic rings. The normalized spacial score (nSPS) is 12.8. The summed E-state index contributed by atoms with van der Waals surface area (Å²) in [5.74, 6) is 0. The zero-order chi connectivity index (χ0) is 12.1. The first kappa shape index (κ1) is 12.0. The van der Waals surface area contributed by atoms with Gasteiger partial charge in [0.05, 0.1) is 11.0 Å². The van der Waals surface area contributed by atoms with Crippen molar-refractivity contribution in [1.29, 1.82) is 0 Å². The minimum atomic E-state index is 0.0385. The van der Waals surface area contributed by atoms with Crippen molar-refractivity contribution < 1.29 is 4.74 Å². The molecule has 2 aromatic rings. The van der Waals surface area contributed by atoms with Gasteiger partial charge in [-0.2, -0.15) is 0 Å². The Morgan fingerprint density at radius 2 is 2.00 bits per heavy atom. The lowest BCUT2D eigenvalue weighted by molar-refractivity contribution is 0.190. The van der Waals surface area contributed by atoms with Gasteiger partial charge in [0, 0.05) is 32.2 Å². The summed E-state index contributed by atoms with van der Waals surface area (Å²) in [6, 6.07) is 6.04. The van der Waals surface area contributed by atoms with E-state index in [2.05, 4.69) is 9.97 Å². The second-order valence-corrected chi connectivity index (χ2v) is 4.05. The highest BCUT2D eigenvalue weighted by molar-refractivity contribution is 5.74. The molecule has 17 heavy (non-hydrogen) atoms. The van der Waals surface area contributed by atoms with E-state index < -0.39 is 0 Å². The molecule has 0 fully saturated rings. The van der Waals surface area contributed by atoms with E-state index in [4.69, 9.17) is 10.5 Å². The van der Waals surface area contributed by atoms with E-state index in [0.29, 0.717) is 0 Å². The third kappa shape index (κ3) is 2.99. The molecule has 1 aromatic heterocycles. The third-order valence-corrected chi connectivity index (χ3v) is 2.79. The SMILES string of the molecule is COCCCC(N)c1ccc2nccnc2c1. The summed E-state index contributed by atoms with van der Waals surface area (Å²) < 4.78 is 5.02. The molecule has 1 atom stereocenters. The Kier molecular flexibility index (Phi) is 4.01. The number of aromatic nitrogens is 2. The van der Waals surface area contributed by atoms with E-state index >= 15 is 0 Å². The summed E-state index contributed by atoms with van der Waals surface area (Å²) in [5.41, 5.74) is 9.03. The molecule has 2 rings (SSSR count). The smallest absolute Gasteiger partial charge is 0.0890 e. The molecule has 2 N–H and O–H groups in total. The van der Waals surface area contributed by atoms with Gasteiger partial charge in [0.2, 0.25) is 0 Å². The standard InChI is InChI=1S/C13H17N3O/c1-17-8-2-3-11(14)10-4-5-12-13(9-10)16-7-6-15-12/h4-7,9,11H,2-3,8,14H2,1H3. The Morgan fingerprint density at radius 3 is 2.76 bits per heavy atom. The van der Waals surface area contributed by atoms with Crippen LogP contribution in [-0.4, -0.2) is 23.7 Å². The van der Waals surface area contributed by atoms with Gasteiger partial charge in [-0.1, -0.05) is 6.07 Å². The molecule has 1 unspecified atom stereocenters. The predicted molar refractivity (Wildman–Crippen MR) is 67.6 cm³/mol. The molecular formula is C13H17N3O. The lowest BCUT2D eigenvalue weighted by Gasteiger charge is -2.12. The summed E-state index contributed by atoms with van der Waals surface area (Å²) >= 11 is 0. The number of ether oxygens (including phenoxy) is 1. The van der Waals surface area contributed by atoms with Gasteiger partial charge in [-0.05, 0) is 30.5 Å². The van der Waals surface area contributed by atoms with Crippen LogP contribution in [0.4, 0.5) is 0 Å². The molecule has 0 bridgehead atoms. The summed E-state index contributed by atoms with van der Waals surface area (Å²) in [7, 11) is 1.71. The molecule has 0 saturated carbocycles. The zero-order valence-corrected chi connectivity index (χ0v) is 9.97. The maximum atomic E-state index is 6.12. The fraction of sp³-hybridized carbons (Fsp3) is 0.385. The van der Waals surface area contributed by atoms with Crippen LogP contribution in [0.25, 0.3) is 11.0 Å². The van der Waals surface area contributed by atoms with Crippen LogP contribution in [0.3, 0.4) is 0 Å². The minimum absolute atomic E-state index is 0.0385. The average molecular weight is 231 g/mol. The average Bonchev–Trinajstić information content (AvgIpc) is 2.38. The largest absolute Gasteiger partial charge is 0.385 e. The van der Waals surface area contributed by atoms with Crippen molar-refractivity contribution in [3.05, 3.63) is 36.2 Å². The Balaban J connectivity index is 2.12. The van der Waals surface area contributed by atoms with Gasteiger partial charge in [-0.25, -0.2) is 0 Å². The maximum Gasteiger partial charge on any atom is 0.0890 e. The first-order chi connectivity index (χ1) is 8.31. The third-order valence-electron chi connectivity index (χ3n) is 2.79. The van der Waals surface area contributed by atoms with Gasteiger partial charge >= 0.3 is 0 Å². The van der Waals surface area contributed by atoms with Crippen molar-refractivity contribution in [2.75, 3.05) is 13.7 Å². The van der Waals surface area contributed by atoms with Gasteiger partial charge in [0.1, 0.15) is 0 Å². The molecule has 0 aliphatic carbocycles. The molecule has 0 saturated heterocycles. The van der Waals surface area contributed by atoms with E-state index in [-0.39, 0.29) is 6.04 Å². The van der Waals surface area contributed by atoms with E-state index in [1.165, 1.54) is 0 Å². The molecule has 0 aliphatic heterocycles. The van der Waals surface area contributed by atoms with E-state index in [9.17, 15) is 0 Å². The molecule has 0 amide bonds. The van der Waals surface area contributed by atoms with Crippen LogP contribution in [0, 0.1) is 0 Å². The number of methoxy groups -OCH3 is 1. The number of hydrogen-bond donors (Lipinski definition) is 1. The molecule has 90 valence electrons. The van der Waals surface area contributed by atoms with E-state index in [0.717, 1.165) is 36.0 Å². The van der Waals surface area contributed by atoms with E-state index in [1.807, 2.05) is 18.2 Å². The van der Waals surface area contributed by atoms with Crippen LogP contribution in [0.5, 0.6) is 0 Å². The van der Waals surface area contributed by atoms with E-state index in [1.54, 1.807) is 19.5 Å². The Bertz CT molecular complexity index is 487. The Labute approximate surface area is 101 Å². The predicted octanol–water partition coefficient (Wildman–Crippen LogP) is 2.06. The molecule has 0 radical (unpaired) electrons. The van der Waals surface area contributed by atoms with Crippen LogP contribution in [0.1, 0.15) is 24.4 Å². The number of rotatable bonds is 5. The number of nitrogens with zero attached hydrogens (tertiary/aromatic N) is 2. The monoisotopic (exact) mass is 231 g/mol. The summed E-state index contributed by atoms with van der Waals surface area (Å²) in [4.78, 5) is 8.51. The molecule has 1 heterocycles. The van der Waals surface area contributed by atoms with Gasteiger partial charge in [-0.3, -0.25) is 9.97 Å². The molecule has 4 heteroatoms. The fourth-order valence-electron chi connectivity index (χ4n) is 1.83. The second kappa shape index (κ2) is 5.70. The van der Waals surface area contributed by atoms with Gasteiger partial charge in [0.15, 0.2) is 0 Å². The van der Waals surface area contributed by atoms with Crippen LogP contribution in [-0.2, 0) is 4.74 Å². The van der Waals surface area contributed by atoms with Gasteiger partial charge in [-0.15, -0.1) is 0 Å². The summed E-state index contributed by atoms with van der Waals surface area (Å²) in [5, 5.41) is 0. The number of benzene rings is 1. The second-order valence-electron chi connectivity index (χ2n) is 4.05. The highest BCUT2D eigenvalue weighted by Gasteiger charge is 2.07. The number of hydrogen-bond acceptors (Lipinski definition) is 4. The molecule has 0 spiro atoms. The van der Waals surface area contributed by atoms with Crippen LogP contribution < -0.4 is 5.73 Å². The highest BCUT2D eigenvalue weighted by Crippen LogP contribution is 2.19. The van der Waals surface area contributed by atoms with Crippen LogP contribution in [0.2, 0.25) is 0 Å². The lowest BCUT2D eigenvalue weighted by atomic mass is 10.0. The van der Waals surface area contributed by atoms with Crippen molar-refractivity contribution in [3.8, 4) is 0 Å². The number of fused-ring (bicyclic) bond motifs is 1. The van der Waals surface area contributed by atoms with Crippen LogP contribution >= 0.6 is 0 Å². The Morgan fingerprint density at radius 1 is 1.24 bits per heavy atom. The Hall–Kier alpha value is -1.52. The van der Waals surface area contributed by atoms with Crippen molar-refractivity contribution in [3.63, 3.8) is 0 Å². The fourth-order valence-corrected chi connectivity index (χ4v) is 1.83. The molecule has 4 nitrogen and oxygen atoms in total. The summed E-state index contributed by atoms with van der Waals surface area (Å²) in [6.45, 7) is 0.751. The van der Waals surface area contributed by atoms with Crippen molar-refractivity contribution >= 4 is 11.0 Å². The van der Waals surface area contributed by atoms with Crippen molar-refractivity contribution in [2.45, 2.75) is 18.9 Å². The maximum absolute atomic E-state index is 6.12. The quantitative estimate of drug-likeness (QED) is 0.800. The first-order valence-electron chi connectivity index (χ1n) is 5.76. The summed E-state index contributed by atoms with van der Waals surface area (Å²) in [6.07, 6.45) is 5.28. The highest BCUT2D eigenvalue weighted by atomic mass is 16.5. The van der Waals surface area contributed by atoms with Crippen LogP contribution in [0.15, 0.2) is 30.6 Å². The minimum Gasteiger partial charge on any atom is -0.385 e. The van der Waals surface area contributed by atoms with Crippen molar-refractivity contribution in [2.24, 2.45) is 5.73 Å². The van der Waals surface area contributed by atoms with Gasteiger partial charge in [0.25, 0.3) is 0 Å². The molecular weight excluding hydrogens is 214 g/mol. The number of nitrogens with two attached hydrogens (primary N) is 1. The first-order valence-corrected chi connectivity index (χ1v) is 5.76. The lowest BCUT2D eigenvalue weighted by Crippen LogP contribution is -2.11. The molecule has 1 aromatic carbocycles. The zero-order valence-electron chi connectivity index (χ0n) is 9.97. The van der Waals surface area contributed by atoms with Gasteiger partial charge < -0.3 is 10.5 Å².